The summed E-state index contributed by atoms with van der Waals surface area (Å²) in [6.45, 7) is 7.40. The minimum absolute atomic E-state index is 0.324. The van der Waals surface area contributed by atoms with E-state index in [2.05, 4.69) is 33.8 Å². The Morgan fingerprint density at radius 2 is 2.12 bits per heavy atom. The molecule has 3 aliphatic rings. The maximum atomic E-state index is 12.3. The number of hydrogen-bond donors (Lipinski definition) is 0. The van der Waals surface area contributed by atoms with Crippen molar-refractivity contribution in [3.63, 3.8) is 0 Å². The van der Waals surface area contributed by atoms with Crippen LogP contribution in [0.25, 0.3) is 0 Å². The zero-order valence-electron chi connectivity index (χ0n) is 15.5. The van der Waals surface area contributed by atoms with Gasteiger partial charge in [0.05, 0.1) is 5.69 Å². The van der Waals surface area contributed by atoms with Gasteiger partial charge in [-0.05, 0) is 62.6 Å². The summed E-state index contributed by atoms with van der Waals surface area (Å²) < 4.78 is 0. The number of likely N-dealkylation sites (tertiary alicyclic amines) is 2. The van der Waals surface area contributed by atoms with Crippen LogP contribution in [0.15, 0.2) is 18.3 Å². The number of nitrogens with zero attached hydrogens (tertiary/aromatic N) is 3. The van der Waals surface area contributed by atoms with E-state index in [-0.39, 0.29) is 0 Å². The van der Waals surface area contributed by atoms with Gasteiger partial charge in [-0.1, -0.05) is 13.0 Å². The van der Waals surface area contributed by atoms with Gasteiger partial charge in [-0.15, -0.1) is 0 Å². The minimum Gasteiger partial charge on any atom is -0.342 e. The molecule has 4 nitrogen and oxygen atoms in total. The Bertz CT molecular complexity index is 610. The number of pyridine rings is 1. The minimum atomic E-state index is 0.324. The van der Waals surface area contributed by atoms with Crippen molar-refractivity contribution >= 4 is 5.91 Å². The second kappa shape index (κ2) is 7.06. The number of carbonyl (C=O) groups excluding carboxylic acids is 1. The van der Waals surface area contributed by atoms with E-state index in [1.165, 1.54) is 36.9 Å². The number of aryl methyl sites for hydroxylation is 1. The van der Waals surface area contributed by atoms with Crippen molar-refractivity contribution in [2.45, 2.75) is 58.4 Å². The van der Waals surface area contributed by atoms with E-state index in [9.17, 15) is 4.79 Å². The summed E-state index contributed by atoms with van der Waals surface area (Å²) in [5.41, 5.74) is 2.81. The Balaban J connectivity index is 1.39. The molecule has 0 bridgehead atoms. The highest BCUT2D eigenvalue weighted by molar-refractivity contribution is 5.77. The van der Waals surface area contributed by atoms with Gasteiger partial charge < -0.3 is 4.90 Å². The molecule has 25 heavy (non-hydrogen) atoms. The van der Waals surface area contributed by atoms with E-state index in [0.717, 1.165) is 57.9 Å². The number of piperidine rings is 2. The van der Waals surface area contributed by atoms with Gasteiger partial charge in [0.25, 0.3) is 0 Å². The average molecular weight is 341 g/mol. The number of aromatic nitrogens is 1. The molecule has 0 N–H and O–H groups in total. The Labute approximate surface area is 151 Å². The summed E-state index contributed by atoms with van der Waals surface area (Å²) in [5, 5.41) is 0. The number of rotatable bonds is 5. The normalized spacial score (nSPS) is 27.9. The van der Waals surface area contributed by atoms with Crippen LogP contribution in [0, 0.1) is 11.3 Å². The zero-order valence-corrected chi connectivity index (χ0v) is 15.5. The molecule has 136 valence electrons. The molecular weight excluding hydrogens is 310 g/mol. The second-order valence-corrected chi connectivity index (χ2v) is 8.54. The summed E-state index contributed by atoms with van der Waals surface area (Å²) in [6.07, 6.45) is 10.1. The number of carbonyl (C=O) groups is 1. The van der Waals surface area contributed by atoms with Crippen LogP contribution in [0.2, 0.25) is 0 Å². The van der Waals surface area contributed by atoms with Gasteiger partial charge in [0.2, 0.25) is 5.91 Å². The molecule has 2 aliphatic heterocycles. The maximum Gasteiger partial charge on any atom is 0.222 e. The summed E-state index contributed by atoms with van der Waals surface area (Å²) in [6, 6.07) is 4.39. The molecule has 0 aromatic carbocycles. The van der Waals surface area contributed by atoms with Crippen molar-refractivity contribution in [3.8, 4) is 0 Å². The van der Waals surface area contributed by atoms with Gasteiger partial charge in [0, 0.05) is 44.2 Å². The summed E-state index contributed by atoms with van der Waals surface area (Å²) in [5.74, 6) is 1.19. The highest BCUT2D eigenvalue weighted by atomic mass is 16.2. The Kier molecular flexibility index (Phi) is 4.81. The summed E-state index contributed by atoms with van der Waals surface area (Å²) >= 11 is 0. The van der Waals surface area contributed by atoms with Gasteiger partial charge in [-0.2, -0.15) is 0 Å². The molecule has 4 rings (SSSR count). The van der Waals surface area contributed by atoms with E-state index in [4.69, 9.17) is 0 Å². The third-order valence-electron chi connectivity index (χ3n) is 6.34. The number of amides is 1. The fourth-order valence-corrected chi connectivity index (χ4v) is 4.65. The zero-order chi connectivity index (χ0) is 17.3. The van der Waals surface area contributed by atoms with Crippen molar-refractivity contribution in [1.29, 1.82) is 0 Å². The largest absolute Gasteiger partial charge is 0.342 e. The van der Waals surface area contributed by atoms with E-state index < -0.39 is 0 Å². The van der Waals surface area contributed by atoms with E-state index in [0.29, 0.717) is 11.3 Å². The van der Waals surface area contributed by atoms with Gasteiger partial charge in [0.1, 0.15) is 0 Å². The van der Waals surface area contributed by atoms with Crippen LogP contribution in [0.5, 0.6) is 0 Å². The third-order valence-corrected chi connectivity index (χ3v) is 6.34. The molecular formula is C21H31N3O. The molecule has 1 aliphatic carbocycles. The molecule has 3 fully saturated rings. The predicted octanol–water partition coefficient (Wildman–Crippen LogP) is 3.26. The monoisotopic (exact) mass is 341 g/mol. The van der Waals surface area contributed by atoms with Crippen molar-refractivity contribution in [3.05, 3.63) is 29.6 Å². The Morgan fingerprint density at radius 1 is 1.24 bits per heavy atom. The van der Waals surface area contributed by atoms with Crippen molar-refractivity contribution < 1.29 is 4.79 Å². The van der Waals surface area contributed by atoms with Crippen LogP contribution >= 0.6 is 0 Å². The Morgan fingerprint density at radius 3 is 2.84 bits per heavy atom. The lowest BCUT2D eigenvalue weighted by molar-refractivity contribution is -0.139. The highest BCUT2D eigenvalue weighted by Gasteiger charge is 2.42. The van der Waals surface area contributed by atoms with Crippen LogP contribution in [0.1, 0.15) is 56.7 Å². The average Bonchev–Trinajstić information content (AvgIpc) is 3.43. The van der Waals surface area contributed by atoms with Gasteiger partial charge in [0.15, 0.2) is 0 Å². The smallest absolute Gasteiger partial charge is 0.222 e. The lowest BCUT2D eigenvalue weighted by atomic mass is 9.73. The molecule has 0 unspecified atom stereocenters. The van der Waals surface area contributed by atoms with Gasteiger partial charge >= 0.3 is 0 Å². The third kappa shape index (κ3) is 4.05. The van der Waals surface area contributed by atoms with Gasteiger partial charge in [-0.25, -0.2) is 0 Å². The molecule has 1 spiro atoms. The SMILES string of the molecule is CCc1ccc(CN2CCC[C@@]3(CCC(=O)N(CC4CC4)C3)C2)nc1. The molecule has 2 saturated heterocycles. The fraction of sp³-hybridized carbons (Fsp3) is 0.714. The first-order chi connectivity index (χ1) is 12.2. The quantitative estimate of drug-likeness (QED) is 0.825. The molecule has 0 radical (unpaired) electrons. The van der Waals surface area contributed by atoms with Crippen LogP contribution in [-0.2, 0) is 17.8 Å². The Hall–Kier alpha value is -1.42. The fourth-order valence-electron chi connectivity index (χ4n) is 4.65. The number of hydrogen-bond acceptors (Lipinski definition) is 3. The second-order valence-electron chi connectivity index (χ2n) is 8.54. The predicted molar refractivity (Wildman–Crippen MR) is 99.1 cm³/mol. The molecule has 1 aromatic rings. The molecule has 3 heterocycles. The van der Waals surface area contributed by atoms with Crippen molar-refractivity contribution in [1.82, 2.24) is 14.8 Å². The first-order valence-electron chi connectivity index (χ1n) is 10.1. The lowest BCUT2D eigenvalue weighted by Gasteiger charge is -2.48. The molecule has 1 atom stereocenters. The van der Waals surface area contributed by atoms with Crippen molar-refractivity contribution in [2.75, 3.05) is 26.2 Å². The molecule has 1 aromatic heterocycles. The highest BCUT2D eigenvalue weighted by Crippen LogP contribution is 2.40. The summed E-state index contributed by atoms with van der Waals surface area (Å²) in [7, 11) is 0. The van der Waals surface area contributed by atoms with Crippen LogP contribution in [0.3, 0.4) is 0 Å². The first-order valence-corrected chi connectivity index (χ1v) is 10.1. The molecule has 1 saturated carbocycles. The van der Waals surface area contributed by atoms with Gasteiger partial charge in [-0.3, -0.25) is 14.7 Å². The van der Waals surface area contributed by atoms with Crippen LogP contribution in [-0.4, -0.2) is 46.9 Å². The summed E-state index contributed by atoms with van der Waals surface area (Å²) in [4.78, 5) is 21.7. The lowest BCUT2D eigenvalue weighted by Crippen LogP contribution is -2.54. The van der Waals surface area contributed by atoms with Crippen LogP contribution in [0.4, 0.5) is 0 Å². The first kappa shape index (κ1) is 17.0. The molecule has 4 heteroatoms. The van der Waals surface area contributed by atoms with E-state index >= 15 is 0 Å². The standard InChI is InChI=1S/C21H31N3O/c1-2-17-6-7-19(22-12-17)14-23-11-3-9-21(15-23)10-8-20(25)24(16-21)13-18-4-5-18/h6-7,12,18H,2-5,8-11,13-16H2,1H3/t21-/m1/s1. The maximum absolute atomic E-state index is 12.3. The van der Waals surface area contributed by atoms with E-state index in [1.54, 1.807) is 0 Å². The topological polar surface area (TPSA) is 36.4 Å². The van der Waals surface area contributed by atoms with Crippen LogP contribution < -0.4 is 0 Å². The molecule has 1 amide bonds. The van der Waals surface area contributed by atoms with E-state index in [1.807, 2.05) is 6.20 Å². The van der Waals surface area contributed by atoms with Crippen molar-refractivity contribution in [2.24, 2.45) is 11.3 Å².